The predicted molar refractivity (Wildman–Crippen MR) is 106 cm³/mol. The molecule has 3 unspecified atom stereocenters. The van der Waals surface area contributed by atoms with E-state index < -0.39 is 0 Å². The number of fused-ring (bicyclic) bond motifs is 1. The van der Waals surface area contributed by atoms with Gasteiger partial charge in [-0.25, -0.2) is 0 Å². The molecule has 1 aromatic rings. The van der Waals surface area contributed by atoms with E-state index in [0.717, 1.165) is 43.7 Å². The molecule has 4 fully saturated rings. The van der Waals surface area contributed by atoms with Gasteiger partial charge in [0, 0.05) is 31.4 Å². The average molecular weight is 355 g/mol. The van der Waals surface area contributed by atoms with E-state index in [1.165, 1.54) is 57.3 Å². The third kappa shape index (κ3) is 2.79. The van der Waals surface area contributed by atoms with Gasteiger partial charge in [0.05, 0.1) is 11.6 Å². The number of hydrogen-bond acceptors (Lipinski definition) is 3. The highest BCUT2D eigenvalue weighted by atomic mass is 16.3. The number of piperidine rings is 1. The maximum absolute atomic E-state index is 10.9. The fourth-order valence-electron chi connectivity index (χ4n) is 6.79. The van der Waals surface area contributed by atoms with Crippen LogP contribution in [-0.2, 0) is 0 Å². The van der Waals surface area contributed by atoms with Crippen molar-refractivity contribution in [3.8, 4) is 0 Å². The monoisotopic (exact) mass is 354 g/mol. The van der Waals surface area contributed by atoms with Crippen molar-refractivity contribution in [1.29, 1.82) is 0 Å². The number of aliphatic hydroxyl groups excluding tert-OH is 1. The number of nitrogens with zero attached hydrogens (tertiary/aromatic N) is 2. The van der Waals surface area contributed by atoms with Crippen LogP contribution in [0.4, 0.5) is 5.69 Å². The van der Waals surface area contributed by atoms with Crippen molar-refractivity contribution in [2.24, 2.45) is 11.8 Å². The molecule has 142 valence electrons. The normalized spacial score (nSPS) is 37.2. The summed E-state index contributed by atoms with van der Waals surface area (Å²) in [5.41, 5.74) is 1.27. The van der Waals surface area contributed by atoms with Gasteiger partial charge in [0.1, 0.15) is 0 Å². The number of para-hydroxylation sites is 1. The highest BCUT2D eigenvalue weighted by molar-refractivity contribution is 5.51. The Morgan fingerprint density at radius 1 is 0.846 bits per heavy atom. The van der Waals surface area contributed by atoms with Crippen molar-refractivity contribution < 1.29 is 5.11 Å². The van der Waals surface area contributed by atoms with E-state index in [0.29, 0.717) is 0 Å². The van der Waals surface area contributed by atoms with Gasteiger partial charge in [-0.2, -0.15) is 0 Å². The van der Waals surface area contributed by atoms with E-state index in [4.69, 9.17) is 0 Å². The number of likely N-dealkylation sites (tertiary alicyclic amines) is 1. The van der Waals surface area contributed by atoms with Gasteiger partial charge in [-0.3, -0.25) is 0 Å². The van der Waals surface area contributed by atoms with Crippen molar-refractivity contribution in [1.82, 2.24) is 4.90 Å². The second kappa shape index (κ2) is 6.83. The zero-order valence-electron chi connectivity index (χ0n) is 16.0. The summed E-state index contributed by atoms with van der Waals surface area (Å²) in [4.78, 5) is 5.32. The van der Waals surface area contributed by atoms with Crippen LogP contribution in [0.15, 0.2) is 30.3 Å². The number of aliphatic hydroxyl groups is 1. The molecule has 3 nitrogen and oxygen atoms in total. The van der Waals surface area contributed by atoms with Gasteiger partial charge in [0.15, 0.2) is 0 Å². The van der Waals surface area contributed by atoms with Crippen LogP contribution in [0.2, 0.25) is 0 Å². The molecule has 2 saturated carbocycles. The molecule has 0 amide bonds. The standard InChI is InChI=1S/C23H34N2O/c26-22-10-13-25(20-8-2-1-3-9-20)23(22)11-14-24(15-12-23)21-16-18-6-4-5-7-19(18)17-21/h1-3,8-9,18-19,21-22,26H,4-7,10-17H2. The first-order valence-corrected chi connectivity index (χ1v) is 11.0. The van der Waals surface area contributed by atoms with Crippen LogP contribution in [0.25, 0.3) is 0 Å². The van der Waals surface area contributed by atoms with Gasteiger partial charge in [-0.15, -0.1) is 0 Å². The van der Waals surface area contributed by atoms with Crippen LogP contribution >= 0.6 is 0 Å². The second-order valence-electron chi connectivity index (χ2n) is 9.36. The lowest BCUT2D eigenvalue weighted by atomic mass is 9.82. The van der Waals surface area contributed by atoms with Crippen LogP contribution in [-0.4, -0.2) is 47.3 Å². The molecule has 3 atom stereocenters. The zero-order chi connectivity index (χ0) is 17.6. The lowest BCUT2D eigenvalue weighted by molar-refractivity contribution is 0.0413. The number of anilines is 1. The first kappa shape index (κ1) is 17.1. The molecule has 4 aliphatic rings. The molecule has 2 aliphatic heterocycles. The zero-order valence-corrected chi connectivity index (χ0v) is 16.0. The van der Waals surface area contributed by atoms with Crippen molar-refractivity contribution in [3.63, 3.8) is 0 Å². The molecule has 0 radical (unpaired) electrons. The Labute approximate surface area is 158 Å². The highest BCUT2D eigenvalue weighted by Crippen LogP contribution is 2.46. The van der Waals surface area contributed by atoms with Crippen LogP contribution in [0, 0.1) is 11.8 Å². The Bertz CT molecular complexity index is 596. The molecule has 0 bridgehead atoms. The fourth-order valence-corrected chi connectivity index (χ4v) is 6.79. The molecule has 2 saturated heterocycles. The van der Waals surface area contributed by atoms with E-state index in [2.05, 4.69) is 40.1 Å². The van der Waals surface area contributed by atoms with Crippen molar-refractivity contribution in [2.45, 2.75) is 75.5 Å². The lowest BCUT2D eigenvalue weighted by Crippen LogP contribution is -2.58. The van der Waals surface area contributed by atoms with Gasteiger partial charge >= 0.3 is 0 Å². The van der Waals surface area contributed by atoms with E-state index in [-0.39, 0.29) is 11.6 Å². The minimum atomic E-state index is -0.170. The van der Waals surface area contributed by atoms with Crippen LogP contribution in [0.5, 0.6) is 0 Å². The molecular formula is C23H34N2O. The number of rotatable bonds is 2. The molecule has 1 spiro atoms. The predicted octanol–water partition coefficient (Wildman–Crippen LogP) is 4.06. The van der Waals surface area contributed by atoms with Gasteiger partial charge in [0.25, 0.3) is 0 Å². The molecule has 0 aromatic heterocycles. The van der Waals surface area contributed by atoms with Crippen molar-refractivity contribution in [2.75, 3.05) is 24.5 Å². The van der Waals surface area contributed by atoms with E-state index in [1.807, 2.05) is 0 Å². The summed E-state index contributed by atoms with van der Waals surface area (Å²) in [7, 11) is 0. The minimum Gasteiger partial charge on any atom is -0.391 e. The molecule has 2 heterocycles. The maximum atomic E-state index is 10.9. The van der Waals surface area contributed by atoms with Crippen LogP contribution in [0.1, 0.15) is 57.8 Å². The molecule has 1 aromatic carbocycles. The van der Waals surface area contributed by atoms with E-state index in [9.17, 15) is 5.11 Å². The smallest absolute Gasteiger partial charge is 0.0789 e. The van der Waals surface area contributed by atoms with Gasteiger partial charge in [-0.1, -0.05) is 43.9 Å². The Hall–Kier alpha value is -1.06. The van der Waals surface area contributed by atoms with Gasteiger partial charge < -0.3 is 14.9 Å². The Balaban J connectivity index is 1.28. The number of hydrogen-bond donors (Lipinski definition) is 1. The number of benzene rings is 1. The quantitative estimate of drug-likeness (QED) is 0.867. The van der Waals surface area contributed by atoms with Gasteiger partial charge in [-0.05, 0) is 56.1 Å². The SMILES string of the molecule is OC1CCN(c2ccccc2)C12CCN(C1CC3CCCCC3C1)CC2. The summed E-state index contributed by atoms with van der Waals surface area (Å²) in [6, 6.07) is 11.6. The average Bonchev–Trinajstić information content (AvgIpc) is 3.25. The van der Waals surface area contributed by atoms with Gasteiger partial charge in [0.2, 0.25) is 0 Å². The molecular weight excluding hydrogens is 320 g/mol. The second-order valence-corrected chi connectivity index (χ2v) is 9.36. The minimum absolute atomic E-state index is 0.0246. The van der Waals surface area contributed by atoms with E-state index in [1.54, 1.807) is 0 Å². The summed E-state index contributed by atoms with van der Waals surface area (Å²) in [5, 5.41) is 10.9. The molecule has 5 rings (SSSR count). The lowest BCUT2D eigenvalue weighted by Gasteiger charge is -2.49. The van der Waals surface area contributed by atoms with E-state index >= 15 is 0 Å². The molecule has 2 aliphatic carbocycles. The fraction of sp³-hybridized carbons (Fsp3) is 0.739. The highest BCUT2D eigenvalue weighted by Gasteiger charge is 2.51. The van der Waals surface area contributed by atoms with Crippen molar-refractivity contribution in [3.05, 3.63) is 30.3 Å². The third-order valence-corrected chi connectivity index (χ3v) is 8.25. The Morgan fingerprint density at radius 2 is 1.50 bits per heavy atom. The molecule has 26 heavy (non-hydrogen) atoms. The largest absolute Gasteiger partial charge is 0.391 e. The summed E-state index contributed by atoms with van der Waals surface area (Å²) in [6.07, 6.45) is 11.8. The summed E-state index contributed by atoms with van der Waals surface area (Å²) >= 11 is 0. The third-order valence-electron chi connectivity index (χ3n) is 8.25. The first-order chi connectivity index (χ1) is 12.8. The topological polar surface area (TPSA) is 26.7 Å². The van der Waals surface area contributed by atoms with Crippen LogP contribution < -0.4 is 4.90 Å². The first-order valence-electron chi connectivity index (χ1n) is 11.0. The molecule has 3 heteroatoms. The summed E-state index contributed by atoms with van der Waals surface area (Å²) in [5.74, 6) is 2.03. The summed E-state index contributed by atoms with van der Waals surface area (Å²) in [6.45, 7) is 3.34. The van der Waals surface area contributed by atoms with Crippen molar-refractivity contribution >= 4 is 5.69 Å². The Morgan fingerprint density at radius 3 is 2.15 bits per heavy atom. The maximum Gasteiger partial charge on any atom is 0.0789 e. The molecule has 1 N–H and O–H groups in total. The Kier molecular flexibility index (Phi) is 4.48. The summed E-state index contributed by atoms with van der Waals surface area (Å²) < 4.78 is 0. The van der Waals surface area contributed by atoms with Crippen LogP contribution in [0.3, 0.4) is 0 Å².